The van der Waals surface area contributed by atoms with Crippen molar-refractivity contribution in [2.75, 3.05) is 0 Å². The Labute approximate surface area is 780 Å². The molecule has 750 valence electrons. The molecule has 0 radical (unpaired) electrons. The fourth-order valence-corrected chi connectivity index (χ4v) is 17.4. The molecular weight excluding hydrogens is 1440 g/mol. The van der Waals surface area contributed by atoms with Crippen LogP contribution in [-0.4, -0.2) is 0 Å². The zero-order valence-corrected chi connectivity index (χ0v) is 99.2. The van der Waals surface area contributed by atoms with Gasteiger partial charge in [-0.1, -0.05) is 596 Å². The highest BCUT2D eigenvalue weighted by molar-refractivity contribution is 4.85. The number of hydrogen-bond acceptors (Lipinski definition) is 0. The van der Waals surface area contributed by atoms with Crippen LogP contribution < -0.4 is 0 Å². The van der Waals surface area contributed by atoms with E-state index in [1.54, 1.807) is 0 Å². The monoisotopic (exact) mass is 1710 g/mol. The van der Waals surface area contributed by atoms with E-state index in [9.17, 15) is 0 Å². The van der Waals surface area contributed by atoms with Crippen LogP contribution in [0.5, 0.6) is 0 Å². The van der Waals surface area contributed by atoms with Crippen LogP contribution in [0.15, 0.2) is 0 Å². The molecule has 8 unspecified atom stereocenters. The average molecular weight is 1710 g/mol. The minimum Gasteiger partial charge on any atom is -0.0683 e. The first-order chi connectivity index (χ1) is 55.9. The molecule has 0 N–H and O–H groups in total. The van der Waals surface area contributed by atoms with E-state index in [4.69, 9.17) is 0 Å². The highest BCUT2D eigenvalue weighted by Gasteiger charge is 2.35. The molecule has 0 aliphatic carbocycles. The maximum atomic E-state index is 2.46. The van der Waals surface area contributed by atoms with E-state index in [-0.39, 0.29) is 0 Å². The molecule has 0 spiro atoms. The maximum absolute atomic E-state index is 2.46. The summed E-state index contributed by atoms with van der Waals surface area (Å²) in [4.78, 5) is 0. The summed E-state index contributed by atoms with van der Waals surface area (Å²) in [5.74, 6) is 18.2. The Morgan fingerprint density at radius 3 is 0.375 bits per heavy atom. The van der Waals surface area contributed by atoms with Crippen molar-refractivity contribution >= 4 is 0 Å². The van der Waals surface area contributed by atoms with Crippen LogP contribution >= 0.6 is 0 Å². The SMILES string of the molecule is CC.CC.CC.CC.CC.CC.CC.CCC.CCC.CCC(CC)C(CC(C)C(C)(C)C)C(CC)CC.CCC(CC)C(CC(C)C(C)(C)C)C(CC)CC.CCC(CC)C(CC(C)C(C)(C)C)C(CC)CC.CCCC(CC(C)C(C)(C)C)C(CC)CC.CCCC(CC(C)C(C)(C)C)C(CC)CC.CCCC(CCC)CC(C)C(C)(C)C. The molecule has 0 bridgehead atoms. The van der Waals surface area contributed by atoms with Crippen molar-refractivity contribution in [1.29, 1.82) is 0 Å². The average Bonchev–Trinajstić information content (AvgIpc) is 0.858. The third kappa shape index (κ3) is 87.3. The molecule has 0 nitrogen and oxygen atoms in total. The van der Waals surface area contributed by atoms with E-state index in [0.29, 0.717) is 32.5 Å². The highest BCUT2D eigenvalue weighted by atomic mass is 14.4. The smallest absolute Gasteiger partial charge is 0.0355 e. The van der Waals surface area contributed by atoms with Gasteiger partial charge in [0.25, 0.3) is 0 Å². The standard InChI is InChI=1S/3C18H38.2C16H34.C14H30.2C3H8.7C2H6/c3*1-9-15(10-2)17(16(11-3)12-4)13-14(5)18(6,7)8;2*1-8-11-15(14(9-2)10-3)12-13(4)16(5,6)7;1-7-9-13(10-8-2)11-12(3)14(4,5)6;2*1-3-2;7*1-2/h3*14-17H,9-13H2,1-8H3;2*13-15H,8-12H2,1-7H3;12-13H,7-11H2,1-6H3;2*3H2,1-2H3;7*1-2H3. The molecule has 0 fully saturated rings. The van der Waals surface area contributed by atoms with E-state index < -0.39 is 0 Å². The highest BCUT2D eigenvalue weighted by Crippen LogP contribution is 2.45. The summed E-state index contributed by atoms with van der Waals surface area (Å²) >= 11 is 0. The van der Waals surface area contributed by atoms with Gasteiger partial charge in [-0.15, -0.1) is 0 Å². The van der Waals surface area contributed by atoms with Gasteiger partial charge >= 0.3 is 0 Å². The van der Waals surface area contributed by atoms with Crippen molar-refractivity contribution < 1.29 is 0 Å². The predicted octanol–water partition coefficient (Wildman–Crippen LogP) is 46.8. The third-order valence-corrected chi connectivity index (χ3v) is 28.8. The molecular formula is C120H270. The van der Waals surface area contributed by atoms with Crippen LogP contribution in [0.25, 0.3) is 0 Å². The molecule has 0 heterocycles. The summed E-state index contributed by atoms with van der Waals surface area (Å²) in [6.07, 6.45) is 43.8. The third-order valence-electron chi connectivity index (χ3n) is 28.8. The summed E-state index contributed by atoms with van der Waals surface area (Å²) in [6, 6.07) is 0. The molecule has 8 atom stereocenters. The van der Waals surface area contributed by atoms with Crippen LogP contribution in [0.3, 0.4) is 0 Å². The van der Waals surface area contributed by atoms with Crippen molar-refractivity contribution in [3.05, 3.63) is 0 Å². The molecule has 0 heteroatoms. The Bertz CT molecular complexity index is 1510. The fourth-order valence-electron chi connectivity index (χ4n) is 17.4. The quantitative estimate of drug-likeness (QED) is 0.0570. The van der Waals surface area contributed by atoms with E-state index in [0.717, 1.165) is 118 Å². The Morgan fingerprint density at radius 1 is 0.150 bits per heavy atom. The maximum Gasteiger partial charge on any atom is -0.0355 e. The molecule has 0 aromatic carbocycles. The fraction of sp³-hybridized carbons (Fsp3) is 1.00. The van der Waals surface area contributed by atoms with Crippen LogP contribution in [0.1, 0.15) is 635 Å². The van der Waals surface area contributed by atoms with E-state index in [1.165, 1.54) is 205 Å². The summed E-state index contributed by atoms with van der Waals surface area (Å²) in [5, 5.41) is 0. The molecule has 0 aromatic rings. The van der Waals surface area contributed by atoms with Gasteiger partial charge in [-0.05, 0) is 189 Å². The molecule has 0 aromatic heterocycles. The first kappa shape index (κ1) is 154. The van der Waals surface area contributed by atoms with Gasteiger partial charge < -0.3 is 0 Å². The molecule has 0 aliphatic heterocycles. The summed E-state index contributed by atoms with van der Waals surface area (Å²) < 4.78 is 0. The van der Waals surface area contributed by atoms with Gasteiger partial charge in [0.05, 0.1) is 0 Å². The van der Waals surface area contributed by atoms with Gasteiger partial charge in [-0.3, -0.25) is 0 Å². The Kier molecular flexibility index (Phi) is 130. The van der Waals surface area contributed by atoms with Crippen molar-refractivity contribution in [2.24, 2.45) is 151 Å². The Hall–Kier alpha value is 0. The number of rotatable bonds is 44. The lowest BCUT2D eigenvalue weighted by Gasteiger charge is -2.38. The second kappa shape index (κ2) is 101. The van der Waals surface area contributed by atoms with Gasteiger partial charge in [-0.2, -0.15) is 0 Å². The molecule has 0 rings (SSSR count). The topological polar surface area (TPSA) is 0 Å². The van der Waals surface area contributed by atoms with E-state index in [1.807, 2.05) is 96.9 Å². The second-order valence-corrected chi connectivity index (χ2v) is 42.6. The summed E-state index contributed by atoms with van der Waals surface area (Å²) in [7, 11) is 0. The van der Waals surface area contributed by atoms with E-state index >= 15 is 0 Å². The lowest BCUT2D eigenvalue weighted by molar-refractivity contribution is 0.124. The largest absolute Gasteiger partial charge is 0.0683 e. The molecule has 120 heavy (non-hydrogen) atoms. The van der Waals surface area contributed by atoms with Crippen molar-refractivity contribution in [3.8, 4) is 0 Å². The van der Waals surface area contributed by atoms with Gasteiger partial charge in [0.15, 0.2) is 0 Å². The number of hydrogen-bond donors (Lipinski definition) is 0. The van der Waals surface area contributed by atoms with Crippen LogP contribution in [0.2, 0.25) is 0 Å². The van der Waals surface area contributed by atoms with Crippen molar-refractivity contribution in [2.45, 2.75) is 635 Å². The predicted molar refractivity (Wildman–Crippen MR) is 584 cm³/mol. The molecule has 0 saturated heterocycles. The van der Waals surface area contributed by atoms with Crippen LogP contribution in [0.4, 0.5) is 0 Å². The van der Waals surface area contributed by atoms with Crippen LogP contribution in [-0.2, 0) is 0 Å². The summed E-state index contributed by atoms with van der Waals surface area (Å²) in [6.45, 7) is 141. The van der Waals surface area contributed by atoms with Crippen molar-refractivity contribution in [1.82, 2.24) is 0 Å². The normalized spacial score (nSPS) is 13.4. The second-order valence-electron chi connectivity index (χ2n) is 42.6. The zero-order chi connectivity index (χ0) is 99.2. The Balaban J connectivity index is -0.0000000811. The lowest BCUT2D eigenvalue weighted by Crippen LogP contribution is -2.28. The minimum atomic E-state index is 0.455. The van der Waals surface area contributed by atoms with Gasteiger partial charge in [0.2, 0.25) is 0 Å². The molecule has 0 aliphatic rings. The summed E-state index contributed by atoms with van der Waals surface area (Å²) in [5.41, 5.74) is 2.79. The van der Waals surface area contributed by atoms with Crippen molar-refractivity contribution in [3.63, 3.8) is 0 Å². The first-order valence-electron chi connectivity index (χ1n) is 55.9. The van der Waals surface area contributed by atoms with Crippen LogP contribution in [0, 0.1) is 151 Å². The lowest BCUT2D eigenvalue weighted by atomic mass is 9.68. The Morgan fingerprint density at radius 2 is 0.267 bits per heavy atom. The zero-order valence-electron chi connectivity index (χ0n) is 99.2. The molecule has 0 amide bonds. The van der Waals surface area contributed by atoms with Gasteiger partial charge in [-0.25, -0.2) is 0 Å². The van der Waals surface area contributed by atoms with E-state index in [2.05, 4.69) is 332 Å². The van der Waals surface area contributed by atoms with Gasteiger partial charge in [0, 0.05) is 0 Å². The van der Waals surface area contributed by atoms with Gasteiger partial charge in [0.1, 0.15) is 0 Å². The molecule has 0 saturated carbocycles. The minimum absolute atomic E-state index is 0.455. The first-order valence-corrected chi connectivity index (χ1v) is 55.9.